The Balaban J connectivity index is 1.90. The summed E-state index contributed by atoms with van der Waals surface area (Å²) >= 11 is 1.34. The van der Waals surface area contributed by atoms with Crippen molar-refractivity contribution in [2.75, 3.05) is 5.32 Å². The fourth-order valence-electron chi connectivity index (χ4n) is 3.21. The van der Waals surface area contributed by atoms with E-state index < -0.39 is 10.8 Å². The van der Waals surface area contributed by atoms with Crippen LogP contribution in [-0.4, -0.2) is 10.8 Å². The minimum Gasteiger partial charge on any atom is -0.312 e. The van der Waals surface area contributed by atoms with Crippen LogP contribution in [0.3, 0.4) is 0 Å². The van der Waals surface area contributed by atoms with Gasteiger partial charge >= 0.3 is 0 Å². The van der Waals surface area contributed by atoms with Crippen molar-refractivity contribution in [2.45, 2.75) is 33.1 Å². The lowest BCUT2D eigenvalue weighted by molar-refractivity contribution is -0.384. The highest BCUT2D eigenvalue weighted by molar-refractivity contribution is 7.17. The first-order chi connectivity index (χ1) is 14.3. The molecule has 1 aromatic heterocycles. The molecular weight excluding hydrogens is 398 g/mol. The zero-order valence-corrected chi connectivity index (χ0v) is 17.7. The van der Waals surface area contributed by atoms with Gasteiger partial charge in [0.1, 0.15) is 11.1 Å². The molecule has 0 saturated heterocycles. The summed E-state index contributed by atoms with van der Waals surface area (Å²) in [5.41, 5.74) is 3.62. The van der Waals surface area contributed by atoms with Gasteiger partial charge in [0.2, 0.25) is 0 Å². The van der Waals surface area contributed by atoms with Crippen molar-refractivity contribution in [1.29, 1.82) is 5.26 Å². The maximum atomic E-state index is 12.6. The molecule has 0 unspecified atom stereocenters. The third-order valence-electron chi connectivity index (χ3n) is 5.14. The van der Waals surface area contributed by atoms with E-state index in [1.165, 1.54) is 41.2 Å². The van der Waals surface area contributed by atoms with Gasteiger partial charge in [-0.05, 0) is 42.5 Å². The molecular formula is C23H21N3O3S. The third-order valence-corrected chi connectivity index (χ3v) is 6.16. The van der Waals surface area contributed by atoms with Crippen molar-refractivity contribution in [2.24, 2.45) is 0 Å². The number of nitro groups is 1. The number of amides is 1. The van der Waals surface area contributed by atoms with Gasteiger partial charge in [-0.2, -0.15) is 5.26 Å². The predicted octanol–water partition coefficient (Wildman–Crippen LogP) is 6.27. The van der Waals surface area contributed by atoms with Crippen molar-refractivity contribution in [3.8, 4) is 17.2 Å². The van der Waals surface area contributed by atoms with Crippen molar-refractivity contribution < 1.29 is 9.72 Å². The number of hydrogen-bond donors (Lipinski definition) is 1. The molecule has 3 rings (SSSR count). The number of anilines is 1. The number of hydrogen-bond acceptors (Lipinski definition) is 5. The van der Waals surface area contributed by atoms with Crippen LogP contribution >= 0.6 is 11.3 Å². The molecule has 1 amide bonds. The summed E-state index contributed by atoms with van der Waals surface area (Å²) in [6.45, 7) is 6.25. The molecule has 7 heteroatoms. The summed E-state index contributed by atoms with van der Waals surface area (Å²) in [4.78, 5) is 23.8. The lowest BCUT2D eigenvalue weighted by Gasteiger charge is -2.10. The van der Waals surface area contributed by atoms with Gasteiger partial charge in [0.25, 0.3) is 11.6 Å². The lowest BCUT2D eigenvalue weighted by Crippen LogP contribution is -2.11. The Hall–Kier alpha value is -3.50. The van der Waals surface area contributed by atoms with Crippen LogP contribution in [0.25, 0.3) is 11.1 Å². The highest BCUT2D eigenvalue weighted by Crippen LogP contribution is 2.40. The van der Waals surface area contributed by atoms with E-state index in [9.17, 15) is 20.2 Å². The normalized spacial score (nSPS) is 11.5. The highest BCUT2D eigenvalue weighted by Gasteiger charge is 2.20. The van der Waals surface area contributed by atoms with Gasteiger partial charge in [-0.3, -0.25) is 14.9 Å². The van der Waals surface area contributed by atoms with E-state index in [1.54, 1.807) is 0 Å². The number of rotatable bonds is 6. The van der Waals surface area contributed by atoms with E-state index in [0.29, 0.717) is 16.5 Å². The Morgan fingerprint density at radius 3 is 2.37 bits per heavy atom. The summed E-state index contributed by atoms with van der Waals surface area (Å²) in [6.07, 6.45) is 1.05. The monoisotopic (exact) mass is 419 g/mol. The quantitative estimate of drug-likeness (QED) is 0.376. The molecule has 0 radical (unpaired) electrons. The largest absolute Gasteiger partial charge is 0.312 e. The Labute approximate surface area is 178 Å². The first kappa shape index (κ1) is 21.2. The molecule has 3 aromatic rings. The topological polar surface area (TPSA) is 96.0 Å². The maximum Gasteiger partial charge on any atom is 0.269 e. The lowest BCUT2D eigenvalue weighted by atomic mass is 9.95. The van der Waals surface area contributed by atoms with E-state index in [-0.39, 0.29) is 11.3 Å². The molecule has 1 N–H and O–H groups in total. The fraction of sp³-hybridized carbons (Fsp3) is 0.217. The van der Waals surface area contributed by atoms with Gasteiger partial charge in [0.05, 0.1) is 10.5 Å². The molecule has 2 aromatic carbocycles. The third kappa shape index (κ3) is 4.24. The summed E-state index contributed by atoms with van der Waals surface area (Å²) in [5, 5.41) is 23.8. The molecule has 0 spiro atoms. The SMILES string of the molecule is CC[C@H](C)c1ccc(-c2c(C)sc(NC(=O)c3ccc([N+](=O)[O-])cc3)c2C#N)cc1. The van der Waals surface area contributed by atoms with Gasteiger partial charge in [-0.15, -0.1) is 11.3 Å². The van der Waals surface area contributed by atoms with Gasteiger partial charge < -0.3 is 5.32 Å². The summed E-state index contributed by atoms with van der Waals surface area (Å²) < 4.78 is 0. The molecule has 0 fully saturated rings. The number of carbonyl (C=O) groups excluding carboxylic acids is 1. The van der Waals surface area contributed by atoms with E-state index >= 15 is 0 Å². The number of nitrogens with one attached hydrogen (secondary N) is 1. The van der Waals surface area contributed by atoms with Crippen molar-refractivity contribution >= 4 is 27.9 Å². The van der Waals surface area contributed by atoms with Gasteiger partial charge in [-0.1, -0.05) is 38.1 Å². The van der Waals surface area contributed by atoms with Crippen LogP contribution in [0, 0.1) is 28.4 Å². The summed E-state index contributed by atoms with van der Waals surface area (Å²) in [5.74, 6) is 0.0518. The van der Waals surface area contributed by atoms with Gasteiger partial charge in [0.15, 0.2) is 0 Å². The van der Waals surface area contributed by atoms with E-state index in [2.05, 4.69) is 37.4 Å². The Bertz CT molecular complexity index is 1130. The van der Waals surface area contributed by atoms with E-state index in [1.807, 2.05) is 19.1 Å². The van der Waals surface area contributed by atoms with Crippen molar-refractivity contribution in [3.05, 3.63) is 80.2 Å². The number of nitriles is 1. The Kier molecular flexibility index (Phi) is 6.28. The molecule has 152 valence electrons. The number of nitrogens with zero attached hydrogens (tertiary/aromatic N) is 2. The standard InChI is InChI=1S/C23H21N3O3S/c1-4-14(2)16-5-7-17(8-6-16)21-15(3)30-23(20(21)13-24)25-22(27)18-9-11-19(12-10-18)26(28)29/h5-12,14H,4H2,1-3H3,(H,25,27)/t14-/m0/s1. The van der Waals surface area contributed by atoms with Crippen molar-refractivity contribution in [1.82, 2.24) is 0 Å². The predicted molar refractivity (Wildman–Crippen MR) is 119 cm³/mol. The van der Waals surface area contributed by atoms with E-state index in [0.717, 1.165) is 22.4 Å². The Morgan fingerprint density at radius 1 is 1.20 bits per heavy atom. The number of non-ortho nitro benzene ring substituents is 1. The highest BCUT2D eigenvalue weighted by atomic mass is 32.1. The van der Waals surface area contributed by atoms with Crippen LogP contribution in [0.2, 0.25) is 0 Å². The molecule has 0 saturated carbocycles. The molecule has 0 aliphatic rings. The van der Waals surface area contributed by atoms with E-state index in [4.69, 9.17) is 0 Å². The second-order valence-electron chi connectivity index (χ2n) is 7.04. The molecule has 0 bridgehead atoms. The molecule has 0 aliphatic carbocycles. The number of thiophene rings is 1. The summed E-state index contributed by atoms with van der Waals surface area (Å²) in [7, 11) is 0. The number of nitro benzene ring substituents is 1. The maximum absolute atomic E-state index is 12.6. The van der Waals surface area contributed by atoms with Gasteiger partial charge in [-0.25, -0.2) is 0 Å². The average molecular weight is 420 g/mol. The molecule has 1 heterocycles. The Morgan fingerprint density at radius 2 is 1.83 bits per heavy atom. The van der Waals surface area contributed by atoms with Crippen LogP contribution in [0.15, 0.2) is 48.5 Å². The zero-order chi connectivity index (χ0) is 21.8. The van der Waals surface area contributed by atoms with Crippen LogP contribution in [-0.2, 0) is 0 Å². The fourth-order valence-corrected chi connectivity index (χ4v) is 4.23. The summed E-state index contributed by atoms with van der Waals surface area (Å²) in [6, 6.07) is 15.8. The van der Waals surface area contributed by atoms with Crippen LogP contribution in [0.5, 0.6) is 0 Å². The number of carbonyl (C=O) groups is 1. The second kappa shape index (κ2) is 8.89. The number of benzene rings is 2. The molecule has 6 nitrogen and oxygen atoms in total. The molecule has 1 atom stereocenters. The zero-order valence-electron chi connectivity index (χ0n) is 16.9. The molecule has 0 aliphatic heterocycles. The van der Waals surface area contributed by atoms with Gasteiger partial charge in [0, 0.05) is 28.1 Å². The second-order valence-corrected chi connectivity index (χ2v) is 8.26. The van der Waals surface area contributed by atoms with Crippen LogP contribution in [0.4, 0.5) is 10.7 Å². The molecule has 30 heavy (non-hydrogen) atoms. The average Bonchev–Trinajstić information content (AvgIpc) is 3.07. The minimum atomic E-state index is -0.517. The minimum absolute atomic E-state index is 0.0839. The van der Waals surface area contributed by atoms with Crippen molar-refractivity contribution in [3.63, 3.8) is 0 Å². The first-order valence-corrected chi connectivity index (χ1v) is 10.4. The first-order valence-electron chi connectivity index (χ1n) is 9.55. The number of aryl methyl sites for hydroxylation is 1. The van der Waals surface area contributed by atoms with Crippen LogP contribution in [0.1, 0.15) is 52.5 Å². The van der Waals surface area contributed by atoms with Crippen LogP contribution < -0.4 is 5.32 Å². The smallest absolute Gasteiger partial charge is 0.269 e.